The highest BCUT2D eigenvalue weighted by atomic mass is 16.5. The van der Waals surface area contributed by atoms with Crippen LogP contribution in [-0.4, -0.2) is 32.1 Å². The Kier molecular flexibility index (Phi) is 5.92. The lowest BCUT2D eigenvalue weighted by molar-refractivity contribution is 0.0714. The average molecular weight is 486 g/mol. The van der Waals surface area contributed by atoms with Gasteiger partial charge in [0, 0.05) is 6.54 Å². The van der Waals surface area contributed by atoms with Crippen molar-refractivity contribution in [3.63, 3.8) is 0 Å². The highest BCUT2D eigenvalue weighted by molar-refractivity contribution is 5.99. The fourth-order valence-corrected chi connectivity index (χ4v) is 5.02. The Morgan fingerprint density at radius 3 is 2.17 bits per heavy atom. The molecule has 5 rings (SSSR count). The molecule has 1 aliphatic rings. The molecule has 0 N–H and O–H groups in total. The second kappa shape index (κ2) is 9.07. The van der Waals surface area contributed by atoms with Crippen LogP contribution in [0.25, 0.3) is 11.0 Å². The first-order valence-corrected chi connectivity index (χ1v) is 11.6. The van der Waals surface area contributed by atoms with E-state index in [4.69, 9.17) is 18.6 Å². The molecule has 1 aliphatic heterocycles. The van der Waals surface area contributed by atoms with Crippen molar-refractivity contribution >= 4 is 16.9 Å². The maximum Gasteiger partial charge on any atom is 0.291 e. The molecule has 0 spiro atoms. The van der Waals surface area contributed by atoms with E-state index in [1.165, 1.54) is 21.3 Å². The van der Waals surface area contributed by atoms with Gasteiger partial charge in [0.1, 0.15) is 5.58 Å². The number of nitrogens with zero attached hydrogens (tertiary/aromatic N) is 1. The van der Waals surface area contributed by atoms with E-state index in [0.717, 1.165) is 16.7 Å². The Bertz CT molecular complexity index is 1510. The first-order chi connectivity index (χ1) is 17.4. The van der Waals surface area contributed by atoms with Crippen LogP contribution in [0.1, 0.15) is 44.4 Å². The van der Waals surface area contributed by atoms with Crippen LogP contribution < -0.4 is 19.6 Å². The van der Waals surface area contributed by atoms with E-state index in [2.05, 4.69) is 0 Å². The molecule has 0 aliphatic carbocycles. The summed E-state index contributed by atoms with van der Waals surface area (Å²) in [5.74, 6) is 1.02. The molecule has 0 saturated carbocycles. The van der Waals surface area contributed by atoms with Crippen molar-refractivity contribution in [2.75, 3.05) is 21.3 Å². The van der Waals surface area contributed by atoms with Crippen molar-refractivity contribution in [3.05, 3.63) is 98.4 Å². The zero-order chi connectivity index (χ0) is 25.6. The van der Waals surface area contributed by atoms with Gasteiger partial charge in [-0.1, -0.05) is 36.4 Å². The lowest BCUT2D eigenvalue weighted by atomic mass is 9.96. The van der Waals surface area contributed by atoms with Crippen molar-refractivity contribution in [1.82, 2.24) is 4.90 Å². The molecule has 0 fully saturated rings. The third kappa shape index (κ3) is 3.68. The maximum atomic E-state index is 14.0. The van der Waals surface area contributed by atoms with Crippen molar-refractivity contribution in [2.24, 2.45) is 0 Å². The third-order valence-corrected chi connectivity index (χ3v) is 6.60. The van der Waals surface area contributed by atoms with Gasteiger partial charge in [0.2, 0.25) is 11.5 Å². The molecule has 3 aromatic carbocycles. The van der Waals surface area contributed by atoms with E-state index in [0.29, 0.717) is 45.9 Å². The van der Waals surface area contributed by atoms with Gasteiger partial charge < -0.3 is 23.5 Å². The molecule has 2 heterocycles. The number of carbonyl (C=O) groups excluding carboxylic acids is 1. The molecule has 1 amide bonds. The Balaban J connectivity index is 1.80. The highest BCUT2D eigenvalue weighted by Gasteiger charge is 2.43. The van der Waals surface area contributed by atoms with Crippen LogP contribution >= 0.6 is 0 Å². The van der Waals surface area contributed by atoms with Gasteiger partial charge in [-0.15, -0.1) is 0 Å². The first-order valence-electron chi connectivity index (χ1n) is 11.6. The average Bonchev–Trinajstić information content (AvgIpc) is 3.16. The van der Waals surface area contributed by atoms with Crippen LogP contribution in [0.5, 0.6) is 17.2 Å². The summed E-state index contributed by atoms with van der Waals surface area (Å²) in [6.07, 6.45) is 0. The van der Waals surface area contributed by atoms with Gasteiger partial charge in [0.15, 0.2) is 16.9 Å². The number of methoxy groups -OCH3 is 3. The molecule has 184 valence electrons. The molecule has 0 saturated heterocycles. The second-order valence-corrected chi connectivity index (χ2v) is 8.91. The smallest absolute Gasteiger partial charge is 0.291 e. The first kappa shape index (κ1) is 23.5. The maximum absolute atomic E-state index is 14.0. The number of amides is 1. The molecule has 0 bridgehead atoms. The molecule has 7 nitrogen and oxygen atoms in total. The summed E-state index contributed by atoms with van der Waals surface area (Å²) in [4.78, 5) is 29.4. The molecule has 4 aromatic rings. The van der Waals surface area contributed by atoms with E-state index < -0.39 is 6.04 Å². The standard InChI is InChI=1S/C29H27NO6/c1-16-11-17(2)26-20(12-16)25(31)23-24(19-13-21(33-3)27(35-5)22(14-19)34-4)30(29(32)28(23)36-26)15-18-9-7-6-8-10-18/h6-14,24H,15H2,1-5H3. The van der Waals surface area contributed by atoms with Crippen molar-refractivity contribution < 1.29 is 23.4 Å². The second-order valence-electron chi connectivity index (χ2n) is 8.91. The number of rotatable bonds is 6. The zero-order valence-corrected chi connectivity index (χ0v) is 20.9. The molecule has 0 radical (unpaired) electrons. The summed E-state index contributed by atoms with van der Waals surface area (Å²) < 4.78 is 22.8. The quantitative estimate of drug-likeness (QED) is 0.374. The molecule has 1 aromatic heterocycles. The van der Waals surface area contributed by atoms with Gasteiger partial charge in [-0.2, -0.15) is 0 Å². The minimum absolute atomic E-state index is 0.0640. The number of aryl methyl sites for hydroxylation is 2. The van der Waals surface area contributed by atoms with Gasteiger partial charge in [-0.05, 0) is 54.3 Å². The summed E-state index contributed by atoms with van der Waals surface area (Å²) in [5, 5.41) is 0.457. The third-order valence-electron chi connectivity index (χ3n) is 6.60. The number of benzene rings is 3. The highest BCUT2D eigenvalue weighted by Crippen LogP contribution is 2.45. The van der Waals surface area contributed by atoms with Gasteiger partial charge in [-0.25, -0.2) is 0 Å². The van der Waals surface area contributed by atoms with Crippen LogP contribution in [-0.2, 0) is 6.54 Å². The predicted octanol–water partition coefficient (Wildman–Crippen LogP) is 5.18. The van der Waals surface area contributed by atoms with Crippen LogP contribution in [0.4, 0.5) is 0 Å². The Morgan fingerprint density at radius 1 is 0.889 bits per heavy atom. The normalized spacial score (nSPS) is 14.8. The topological polar surface area (TPSA) is 78.2 Å². The van der Waals surface area contributed by atoms with Crippen LogP contribution in [0.15, 0.2) is 63.8 Å². The SMILES string of the molecule is COc1cc(C2c3c(oc4c(C)cc(C)cc4c3=O)C(=O)N2Cc2ccccc2)cc(OC)c1OC. The summed E-state index contributed by atoms with van der Waals surface area (Å²) in [7, 11) is 4.59. The number of hydrogen-bond acceptors (Lipinski definition) is 6. The Labute approximate surface area is 208 Å². The number of fused-ring (bicyclic) bond motifs is 2. The molecule has 1 unspecified atom stereocenters. The van der Waals surface area contributed by atoms with Gasteiger partial charge >= 0.3 is 0 Å². The predicted molar refractivity (Wildman–Crippen MR) is 136 cm³/mol. The summed E-state index contributed by atoms with van der Waals surface area (Å²) in [5.41, 5.74) is 3.86. The van der Waals surface area contributed by atoms with Crippen LogP contribution in [0, 0.1) is 13.8 Å². The monoisotopic (exact) mass is 485 g/mol. The van der Waals surface area contributed by atoms with Gasteiger partial charge in [-0.3, -0.25) is 9.59 Å². The molecular formula is C29H27NO6. The van der Waals surface area contributed by atoms with E-state index in [1.54, 1.807) is 17.0 Å². The fourth-order valence-electron chi connectivity index (χ4n) is 5.02. The van der Waals surface area contributed by atoms with E-state index in [1.807, 2.05) is 56.3 Å². The fraction of sp³-hybridized carbons (Fsp3) is 0.241. The summed E-state index contributed by atoms with van der Waals surface area (Å²) in [6.45, 7) is 4.10. The minimum atomic E-state index is -0.706. The van der Waals surface area contributed by atoms with E-state index in [9.17, 15) is 9.59 Å². The van der Waals surface area contributed by atoms with Crippen LogP contribution in [0.2, 0.25) is 0 Å². The summed E-state index contributed by atoms with van der Waals surface area (Å²) in [6, 6.07) is 16.2. The number of ether oxygens (including phenoxy) is 3. The number of carbonyl (C=O) groups is 1. The van der Waals surface area contributed by atoms with E-state index >= 15 is 0 Å². The lowest BCUT2D eigenvalue weighted by Gasteiger charge is -2.26. The molecule has 1 atom stereocenters. The van der Waals surface area contributed by atoms with Crippen molar-refractivity contribution in [3.8, 4) is 17.2 Å². The Morgan fingerprint density at radius 2 is 1.56 bits per heavy atom. The Hall–Kier alpha value is -4.26. The molecule has 7 heteroatoms. The summed E-state index contributed by atoms with van der Waals surface area (Å²) >= 11 is 0. The number of hydrogen-bond donors (Lipinski definition) is 0. The lowest BCUT2D eigenvalue weighted by Crippen LogP contribution is -2.29. The zero-order valence-electron chi connectivity index (χ0n) is 20.9. The van der Waals surface area contributed by atoms with Gasteiger partial charge in [0.05, 0.1) is 38.3 Å². The molecular weight excluding hydrogens is 458 g/mol. The minimum Gasteiger partial charge on any atom is -0.493 e. The van der Waals surface area contributed by atoms with Crippen molar-refractivity contribution in [2.45, 2.75) is 26.4 Å². The van der Waals surface area contributed by atoms with E-state index in [-0.39, 0.29) is 17.1 Å². The van der Waals surface area contributed by atoms with Gasteiger partial charge in [0.25, 0.3) is 5.91 Å². The van der Waals surface area contributed by atoms with Crippen LogP contribution in [0.3, 0.4) is 0 Å². The van der Waals surface area contributed by atoms with Crippen molar-refractivity contribution in [1.29, 1.82) is 0 Å². The molecule has 36 heavy (non-hydrogen) atoms. The largest absolute Gasteiger partial charge is 0.493 e.